The summed E-state index contributed by atoms with van der Waals surface area (Å²) in [5.41, 5.74) is 1.11. The van der Waals surface area contributed by atoms with E-state index < -0.39 is 13.8 Å². The summed E-state index contributed by atoms with van der Waals surface area (Å²) in [4.78, 5) is 0. The fraction of sp³-hybridized carbons (Fsp3) is 0.0769. The van der Waals surface area contributed by atoms with Crippen LogP contribution in [0.1, 0.15) is 5.56 Å². The van der Waals surface area contributed by atoms with E-state index in [0.29, 0.717) is 0 Å². The third-order valence-electron chi connectivity index (χ3n) is 2.25. The monoisotopic (exact) mass is 264 g/mol. The molecule has 0 aliphatic rings. The van der Waals surface area contributed by atoms with Crippen molar-refractivity contribution in [1.29, 1.82) is 0 Å². The molecule has 0 aliphatic carbocycles. The second-order valence-corrected chi connectivity index (χ2v) is 6.39. The van der Waals surface area contributed by atoms with Gasteiger partial charge in [0.05, 0.1) is 0 Å². The van der Waals surface area contributed by atoms with Gasteiger partial charge in [0, 0.05) is 0 Å². The Labute approximate surface area is 93.8 Å². The van der Waals surface area contributed by atoms with Crippen LogP contribution in [0.25, 0.3) is 0 Å². The fourth-order valence-electron chi connectivity index (χ4n) is 1.44. The first kappa shape index (κ1) is 10.3. The van der Waals surface area contributed by atoms with Crippen molar-refractivity contribution in [2.75, 3.05) is 0 Å². The van der Waals surface area contributed by atoms with E-state index in [2.05, 4.69) is 0 Å². The summed E-state index contributed by atoms with van der Waals surface area (Å²) in [6.07, 6.45) is 0. The van der Waals surface area contributed by atoms with Crippen LogP contribution in [0.4, 0.5) is 0 Å². The number of aryl methyl sites for hydroxylation is 1. The summed E-state index contributed by atoms with van der Waals surface area (Å²) < 4.78 is 14.2. The van der Waals surface area contributed by atoms with Gasteiger partial charge in [0.15, 0.2) is 0 Å². The summed E-state index contributed by atoms with van der Waals surface area (Å²) in [6.45, 7) is 2.01. The number of hydrogen-bond acceptors (Lipinski definition) is 1. The molecule has 0 aromatic heterocycles. The molecule has 1 nitrogen and oxygen atoms in total. The maximum atomic E-state index is 12.3. The van der Waals surface area contributed by atoms with E-state index in [9.17, 15) is 3.83 Å². The van der Waals surface area contributed by atoms with Gasteiger partial charge in [-0.25, -0.2) is 0 Å². The molecule has 0 N–H and O–H groups in total. The topological polar surface area (TPSA) is 17.1 Å². The van der Waals surface area contributed by atoms with Crippen molar-refractivity contribution < 1.29 is 3.83 Å². The molecule has 0 saturated heterocycles. The van der Waals surface area contributed by atoms with E-state index in [-0.39, 0.29) is 0 Å². The molecule has 1 atom stereocenters. The zero-order chi connectivity index (χ0) is 10.7. The van der Waals surface area contributed by atoms with E-state index in [1.165, 1.54) is 0 Å². The SMILES string of the molecule is Cc1ccccc1[Se](=O)c1ccccc1. The Balaban J connectivity index is 2.42. The van der Waals surface area contributed by atoms with E-state index >= 15 is 0 Å². The molecular formula is C13H12OSe. The summed E-state index contributed by atoms with van der Waals surface area (Å²) >= 11 is -2.06. The maximum absolute atomic E-state index is 12.3. The Morgan fingerprint density at radius 2 is 1.47 bits per heavy atom. The molecule has 0 fully saturated rings. The van der Waals surface area contributed by atoms with Crippen molar-refractivity contribution in [1.82, 2.24) is 0 Å². The zero-order valence-corrected chi connectivity index (χ0v) is 10.2. The molecule has 2 heteroatoms. The molecule has 1 unspecified atom stereocenters. The predicted octanol–water partition coefficient (Wildman–Crippen LogP) is 1.53. The van der Waals surface area contributed by atoms with Crippen LogP contribution in [0, 0.1) is 6.92 Å². The third kappa shape index (κ3) is 2.23. The van der Waals surface area contributed by atoms with Crippen molar-refractivity contribution >= 4 is 22.8 Å². The normalized spacial score (nSPS) is 12.3. The van der Waals surface area contributed by atoms with Crippen molar-refractivity contribution in [2.24, 2.45) is 0 Å². The van der Waals surface area contributed by atoms with Crippen molar-refractivity contribution in [3.8, 4) is 0 Å². The number of benzene rings is 2. The molecule has 0 spiro atoms. The molecular weight excluding hydrogens is 251 g/mol. The zero-order valence-electron chi connectivity index (χ0n) is 8.51. The standard InChI is InChI=1S/C13H12OSe/c1-11-7-5-6-10-13(11)15(14)12-8-3-2-4-9-12/h2-10H,1H3. The Hall–Kier alpha value is -1.24. The van der Waals surface area contributed by atoms with E-state index in [4.69, 9.17) is 0 Å². The van der Waals surface area contributed by atoms with E-state index in [1.807, 2.05) is 61.5 Å². The molecule has 0 heterocycles. The molecule has 0 amide bonds. The van der Waals surface area contributed by atoms with Gasteiger partial charge in [-0.05, 0) is 0 Å². The molecule has 76 valence electrons. The average molecular weight is 263 g/mol. The van der Waals surface area contributed by atoms with Gasteiger partial charge in [0.25, 0.3) is 0 Å². The van der Waals surface area contributed by atoms with Gasteiger partial charge in [0.2, 0.25) is 0 Å². The summed E-state index contributed by atoms with van der Waals surface area (Å²) in [6, 6.07) is 17.6. The van der Waals surface area contributed by atoms with E-state index in [1.54, 1.807) is 0 Å². The molecule has 2 aromatic rings. The fourth-order valence-corrected chi connectivity index (χ4v) is 4.00. The molecule has 0 saturated carbocycles. The molecule has 15 heavy (non-hydrogen) atoms. The Bertz CT molecular complexity index is 477. The van der Waals surface area contributed by atoms with Crippen molar-refractivity contribution in [3.63, 3.8) is 0 Å². The quantitative estimate of drug-likeness (QED) is 0.751. The van der Waals surface area contributed by atoms with Crippen LogP contribution in [0.3, 0.4) is 0 Å². The summed E-state index contributed by atoms with van der Waals surface area (Å²) in [7, 11) is 0. The first-order valence-corrected chi connectivity index (χ1v) is 7.23. The van der Waals surface area contributed by atoms with Crippen LogP contribution in [0.5, 0.6) is 0 Å². The first-order valence-electron chi connectivity index (χ1n) is 4.81. The van der Waals surface area contributed by atoms with Crippen LogP contribution in [-0.4, -0.2) is 13.8 Å². The van der Waals surface area contributed by atoms with Gasteiger partial charge in [-0.1, -0.05) is 0 Å². The summed E-state index contributed by atoms with van der Waals surface area (Å²) in [5.74, 6) is 0. The van der Waals surface area contributed by atoms with Crippen molar-refractivity contribution in [3.05, 3.63) is 60.2 Å². The second-order valence-electron chi connectivity index (χ2n) is 3.35. The first-order chi connectivity index (χ1) is 7.29. The molecule has 2 aromatic carbocycles. The van der Waals surface area contributed by atoms with Gasteiger partial charge < -0.3 is 0 Å². The molecule has 0 bridgehead atoms. The van der Waals surface area contributed by atoms with Gasteiger partial charge in [-0.3, -0.25) is 0 Å². The van der Waals surface area contributed by atoms with Crippen LogP contribution < -0.4 is 8.92 Å². The van der Waals surface area contributed by atoms with Gasteiger partial charge in [-0.15, -0.1) is 0 Å². The van der Waals surface area contributed by atoms with E-state index in [0.717, 1.165) is 14.5 Å². The minimum atomic E-state index is -2.06. The summed E-state index contributed by atoms with van der Waals surface area (Å²) in [5, 5.41) is 0. The Morgan fingerprint density at radius 1 is 0.867 bits per heavy atom. The number of rotatable bonds is 2. The second kappa shape index (κ2) is 4.52. The third-order valence-corrected chi connectivity index (χ3v) is 5.52. The Morgan fingerprint density at radius 3 is 2.13 bits per heavy atom. The van der Waals surface area contributed by atoms with Gasteiger partial charge in [0.1, 0.15) is 0 Å². The van der Waals surface area contributed by atoms with Gasteiger partial charge in [-0.2, -0.15) is 0 Å². The van der Waals surface area contributed by atoms with Crippen LogP contribution in [0.15, 0.2) is 54.6 Å². The minimum absolute atomic E-state index is 0.951. The van der Waals surface area contributed by atoms with Gasteiger partial charge >= 0.3 is 93.7 Å². The molecule has 0 aliphatic heterocycles. The average Bonchev–Trinajstić information content (AvgIpc) is 2.30. The predicted molar refractivity (Wildman–Crippen MR) is 63.3 cm³/mol. The van der Waals surface area contributed by atoms with Crippen LogP contribution >= 0.6 is 0 Å². The molecule has 0 radical (unpaired) electrons. The van der Waals surface area contributed by atoms with Crippen LogP contribution in [-0.2, 0) is 3.83 Å². The van der Waals surface area contributed by atoms with Crippen LogP contribution in [0.2, 0.25) is 0 Å². The number of hydrogen-bond donors (Lipinski definition) is 0. The van der Waals surface area contributed by atoms with Crippen molar-refractivity contribution in [2.45, 2.75) is 6.92 Å². The molecule has 2 rings (SSSR count). The Kier molecular flexibility index (Phi) is 3.10.